The van der Waals surface area contributed by atoms with Gasteiger partial charge in [0.15, 0.2) is 5.78 Å². The van der Waals surface area contributed by atoms with Gasteiger partial charge in [-0.2, -0.15) is 0 Å². The lowest BCUT2D eigenvalue weighted by molar-refractivity contribution is 0.101. The summed E-state index contributed by atoms with van der Waals surface area (Å²) in [4.78, 5) is 52.9. The molecule has 0 spiro atoms. The lowest BCUT2D eigenvalue weighted by Crippen LogP contribution is -2.42. The molecule has 2 heterocycles. The van der Waals surface area contributed by atoms with Gasteiger partial charge in [0.2, 0.25) is 0 Å². The number of methoxy groups -OCH3 is 1. The van der Waals surface area contributed by atoms with Gasteiger partial charge in [0.25, 0.3) is 5.56 Å². The molecule has 3 aromatic rings. The lowest BCUT2D eigenvalue weighted by Gasteiger charge is -2.18. The summed E-state index contributed by atoms with van der Waals surface area (Å²) >= 11 is 0. The number of ketones is 1. The Kier molecular flexibility index (Phi) is 7.97. The van der Waals surface area contributed by atoms with Gasteiger partial charge in [-0.15, -0.1) is 0 Å². The number of nitrogens with one attached hydrogen (secondary N) is 2. The second-order valence-electron chi connectivity index (χ2n) is 8.88. The fourth-order valence-corrected chi connectivity index (χ4v) is 4.45. The first-order valence-corrected chi connectivity index (χ1v) is 12.0. The number of aromatic nitrogens is 2. The number of carbonyl (C=O) groups is 2. The van der Waals surface area contributed by atoms with Crippen LogP contribution in [0.1, 0.15) is 33.0 Å². The molecule has 0 aliphatic carbocycles. The van der Waals surface area contributed by atoms with E-state index < -0.39 is 11.6 Å². The van der Waals surface area contributed by atoms with Crippen molar-refractivity contribution in [3.63, 3.8) is 0 Å². The first kappa shape index (κ1) is 25.3. The Labute approximate surface area is 211 Å². The summed E-state index contributed by atoms with van der Waals surface area (Å²) in [6.07, 6.45) is 2.30. The minimum Gasteiger partial charge on any atom is -0.383 e. The average Bonchev–Trinajstić information content (AvgIpc) is 3.38. The maximum atomic E-state index is 13.2. The van der Waals surface area contributed by atoms with Crippen LogP contribution in [-0.4, -0.2) is 59.2 Å². The molecule has 0 radical (unpaired) electrons. The summed E-state index contributed by atoms with van der Waals surface area (Å²) in [6.45, 7) is 5.02. The average molecular weight is 498 g/mol. The summed E-state index contributed by atoms with van der Waals surface area (Å²) in [5, 5.41) is 5.76. The van der Waals surface area contributed by atoms with Gasteiger partial charge in [-0.1, -0.05) is 12.1 Å². The molecule has 1 aliphatic rings. The lowest BCUT2D eigenvalue weighted by atomic mass is 10.1. The molecular formula is C26H35N5O5. The minimum absolute atomic E-state index is 0. The summed E-state index contributed by atoms with van der Waals surface area (Å²) < 4.78 is 7.92. The first-order chi connectivity index (χ1) is 17.4. The third kappa shape index (κ3) is 5.72. The summed E-state index contributed by atoms with van der Waals surface area (Å²) in [6, 6.07) is 11.1. The van der Waals surface area contributed by atoms with Crippen LogP contribution >= 0.6 is 0 Å². The molecular weight excluding hydrogens is 462 g/mol. The molecule has 0 atom stereocenters. The molecule has 10 heteroatoms. The fourth-order valence-electron chi connectivity index (χ4n) is 4.45. The quantitative estimate of drug-likeness (QED) is 0.439. The van der Waals surface area contributed by atoms with Gasteiger partial charge >= 0.3 is 11.7 Å². The number of fused-ring (bicyclic) bond motifs is 1. The molecule has 0 saturated carbocycles. The number of amides is 2. The number of likely N-dealkylation sites (tertiary alicyclic amines) is 1. The second-order valence-corrected chi connectivity index (χ2v) is 8.88. The Bertz CT molecular complexity index is 1400. The van der Waals surface area contributed by atoms with Gasteiger partial charge in [-0.05, 0) is 63.2 Å². The molecule has 2 aromatic carbocycles. The highest BCUT2D eigenvalue weighted by Gasteiger charge is 2.17. The summed E-state index contributed by atoms with van der Waals surface area (Å²) in [5.41, 5.74) is 1.09. The van der Waals surface area contributed by atoms with Crippen molar-refractivity contribution in [3.8, 4) is 0 Å². The number of carbonyl (C=O) groups excluding carboxylic acids is 2. The number of benzene rings is 2. The number of anilines is 2. The number of urea groups is 1. The number of Topliss-reactive ketones (excluding diaryl/α,β-unsaturated/α-hetero) is 1. The Morgan fingerprint density at radius 2 is 1.67 bits per heavy atom. The highest BCUT2D eigenvalue weighted by atomic mass is 16.5. The molecule has 2 amide bonds. The topological polar surface area (TPSA) is 115 Å². The molecule has 0 unspecified atom stereocenters. The molecule has 1 aromatic heterocycles. The van der Waals surface area contributed by atoms with Crippen molar-refractivity contribution in [3.05, 3.63) is 68.9 Å². The van der Waals surface area contributed by atoms with E-state index in [2.05, 4.69) is 15.5 Å². The van der Waals surface area contributed by atoms with Gasteiger partial charge in [0, 0.05) is 40.0 Å². The Balaban J connectivity index is 0.00000253. The van der Waals surface area contributed by atoms with E-state index in [1.165, 1.54) is 18.6 Å². The molecule has 1 aliphatic heterocycles. The number of rotatable bonds is 9. The molecule has 36 heavy (non-hydrogen) atoms. The van der Waals surface area contributed by atoms with Gasteiger partial charge in [0.05, 0.1) is 24.1 Å². The van der Waals surface area contributed by atoms with Crippen LogP contribution in [0, 0.1) is 0 Å². The largest absolute Gasteiger partial charge is 0.383 e. The predicted molar refractivity (Wildman–Crippen MR) is 143 cm³/mol. The molecule has 194 valence electrons. The van der Waals surface area contributed by atoms with Gasteiger partial charge in [-0.25, -0.2) is 9.59 Å². The Morgan fingerprint density at radius 3 is 2.36 bits per heavy atom. The highest BCUT2D eigenvalue weighted by Crippen LogP contribution is 2.17. The normalized spacial score (nSPS) is 13.7. The fraction of sp³-hybridized carbons (Fsp3) is 0.385. The highest BCUT2D eigenvalue weighted by molar-refractivity contribution is 6.02. The molecule has 1 saturated heterocycles. The summed E-state index contributed by atoms with van der Waals surface area (Å²) in [5.74, 6) is -0.103. The maximum Gasteiger partial charge on any atom is 0.331 e. The number of hydrogen-bond donors (Lipinski definition) is 2. The van der Waals surface area contributed by atoms with Crippen molar-refractivity contribution in [1.29, 1.82) is 0 Å². The molecule has 0 bridgehead atoms. The third-order valence-electron chi connectivity index (χ3n) is 6.37. The molecule has 1 fully saturated rings. The van der Waals surface area contributed by atoms with Gasteiger partial charge in [0.1, 0.15) is 0 Å². The third-order valence-corrected chi connectivity index (χ3v) is 6.37. The number of nitrogens with zero attached hydrogens (tertiary/aromatic N) is 3. The van der Waals surface area contributed by atoms with Crippen molar-refractivity contribution in [2.75, 3.05) is 44.0 Å². The molecule has 4 rings (SSSR count). The van der Waals surface area contributed by atoms with Crippen molar-refractivity contribution in [1.82, 2.24) is 14.0 Å². The van der Waals surface area contributed by atoms with E-state index in [1.807, 2.05) is 0 Å². The standard InChI is InChI=1S/C26H31N5O5.2H2/c1-18(32)19-6-5-7-20(16-19)27-25(34)28-21-8-9-23-22(17-21)24(33)31(14-15-36-2)26(35)30(23)13-12-29-10-3-4-11-29;;/h5-9,16-17H,3-4,10-15H2,1-2H3,(H2,27,28,34);2*1H. The van der Waals surface area contributed by atoms with Crippen LogP contribution in [0.3, 0.4) is 0 Å². The monoisotopic (exact) mass is 497 g/mol. The first-order valence-electron chi connectivity index (χ1n) is 12.0. The van der Waals surface area contributed by atoms with Gasteiger partial charge < -0.3 is 20.3 Å². The van der Waals surface area contributed by atoms with Crippen molar-refractivity contribution < 1.29 is 17.2 Å². The maximum absolute atomic E-state index is 13.2. The molecule has 2 N–H and O–H groups in total. The van der Waals surface area contributed by atoms with Gasteiger partial charge in [-0.3, -0.25) is 18.7 Å². The van der Waals surface area contributed by atoms with Crippen LogP contribution in [-0.2, 0) is 17.8 Å². The van der Waals surface area contributed by atoms with E-state index in [0.29, 0.717) is 34.4 Å². The van der Waals surface area contributed by atoms with E-state index in [-0.39, 0.29) is 27.5 Å². The van der Waals surface area contributed by atoms with Crippen LogP contribution < -0.4 is 21.9 Å². The zero-order valence-electron chi connectivity index (χ0n) is 20.6. The Morgan fingerprint density at radius 1 is 0.944 bits per heavy atom. The minimum atomic E-state index is -0.517. The smallest absolute Gasteiger partial charge is 0.331 e. The van der Waals surface area contributed by atoms with Crippen molar-refractivity contribution in [2.45, 2.75) is 32.9 Å². The Hall–Kier alpha value is -3.76. The molecule has 10 nitrogen and oxygen atoms in total. The van der Waals surface area contributed by atoms with Crippen LogP contribution in [0.4, 0.5) is 16.2 Å². The summed E-state index contributed by atoms with van der Waals surface area (Å²) in [7, 11) is 1.52. The van der Waals surface area contributed by atoms with Crippen LogP contribution in [0.25, 0.3) is 10.9 Å². The van der Waals surface area contributed by atoms with E-state index in [1.54, 1.807) is 47.0 Å². The van der Waals surface area contributed by atoms with E-state index in [0.717, 1.165) is 32.5 Å². The van der Waals surface area contributed by atoms with Crippen LogP contribution in [0.2, 0.25) is 0 Å². The van der Waals surface area contributed by atoms with E-state index in [9.17, 15) is 19.2 Å². The second kappa shape index (κ2) is 11.3. The van der Waals surface area contributed by atoms with E-state index in [4.69, 9.17) is 4.74 Å². The number of hydrogen-bond acceptors (Lipinski definition) is 6. The van der Waals surface area contributed by atoms with Crippen molar-refractivity contribution in [2.24, 2.45) is 0 Å². The zero-order valence-corrected chi connectivity index (χ0v) is 20.6. The number of ether oxygens (including phenoxy) is 1. The van der Waals surface area contributed by atoms with Crippen LogP contribution in [0.15, 0.2) is 52.1 Å². The van der Waals surface area contributed by atoms with Crippen molar-refractivity contribution >= 4 is 34.1 Å². The zero-order chi connectivity index (χ0) is 25.7. The SMILES string of the molecule is COCCn1c(=O)c2cc(NC(=O)Nc3cccc(C(C)=O)c3)ccc2n(CCN2CCCC2)c1=O.[HH].[HH]. The van der Waals surface area contributed by atoms with Crippen LogP contribution in [0.5, 0.6) is 0 Å². The predicted octanol–water partition coefficient (Wildman–Crippen LogP) is 3.24. The van der Waals surface area contributed by atoms with E-state index >= 15 is 0 Å².